The molecule has 2 aliphatic rings. The topological polar surface area (TPSA) is 47.9 Å². The highest BCUT2D eigenvalue weighted by molar-refractivity contribution is 14.0. The van der Waals surface area contributed by atoms with Crippen LogP contribution in [0.5, 0.6) is 0 Å². The van der Waals surface area contributed by atoms with E-state index in [1.165, 1.54) is 5.56 Å². The lowest BCUT2D eigenvalue weighted by Crippen LogP contribution is -2.35. The summed E-state index contributed by atoms with van der Waals surface area (Å²) < 4.78 is 0. The molecule has 1 N–H and O–H groups in total. The summed E-state index contributed by atoms with van der Waals surface area (Å²) in [6.45, 7) is 3.46. The smallest absolute Gasteiger partial charge is 0.226 e. The van der Waals surface area contributed by atoms with E-state index >= 15 is 0 Å². The highest BCUT2D eigenvalue weighted by Crippen LogP contribution is 2.21. The Morgan fingerprint density at radius 3 is 2.59 bits per heavy atom. The van der Waals surface area contributed by atoms with Crippen molar-refractivity contribution >= 4 is 41.5 Å². The van der Waals surface area contributed by atoms with Crippen LogP contribution in [0.2, 0.25) is 0 Å². The Morgan fingerprint density at radius 2 is 1.95 bits per heavy atom. The molecule has 0 unspecified atom stereocenters. The first-order valence-electron chi connectivity index (χ1n) is 7.63. The van der Waals surface area contributed by atoms with Gasteiger partial charge in [0.25, 0.3) is 0 Å². The van der Waals surface area contributed by atoms with Gasteiger partial charge in [0.1, 0.15) is 0 Å². The lowest BCUT2D eigenvalue weighted by Gasteiger charge is -2.27. The predicted molar refractivity (Wildman–Crippen MR) is 99.8 cm³/mol. The van der Waals surface area contributed by atoms with Gasteiger partial charge < -0.3 is 15.1 Å². The molecule has 3 rings (SSSR count). The van der Waals surface area contributed by atoms with Crippen LogP contribution in [0.4, 0.5) is 5.69 Å². The number of hydrogen-bond acceptors (Lipinski definition) is 4. The molecule has 0 spiro atoms. The van der Waals surface area contributed by atoms with Crippen molar-refractivity contribution in [3.63, 3.8) is 0 Å². The van der Waals surface area contributed by atoms with Crippen LogP contribution in [0, 0.1) is 0 Å². The molecule has 22 heavy (non-hydrogen) atoms. The number of nitrogens with zero attached hydrogens (tertiary/aromatic N) is 3. The lowest BCUT2D eigenvalue weighted by molar-refractivity contribution is -0.119. The zero-order valence-corrected chi connectivity index (χ0v) is 15.2. The molecular weight excluding hydrogens is 391 g/mol. The van der Waals surface area contributed by atoms with E-state index in [-0.39, 0.29) is 29.9 Å². The van der Waals surface area contributed by atoms with Gasteiger partial charge in [-0.1, -0.05) is 12.1 Å². The molecule has 2 heterocycles. The number of rotatable bonds is 3. The van der Waals surface area contributed by atoms with E-state index in [0.29, 0.717) is 6.42 Å². The summed E-state index contributed by atoms with van der Waals surface area (Å²) in [5.41, 5.74) is 2.21. The third-order valence-electron chi connectivity index (χ3n) is 4.08. The van der Waals surface area contributed by atoms with Crippen LogP contribution in [0.1, 0.15) is 24.8 Å². The fourth-order valence-electron chi connectivity index (χ4n) is 2.78. The molecule has 0 radical (unpaired) electrons. The fourth-order valence-corrected chi connectivity index (χ4v) is 2.78. The number of hydrogen-bond donors (Lipinski definition) is 1. The van der Waals surface area contributed by atoms with Crippen molar-refractivity contribution in [3.8, 4) is 0 Å². The molecule has 0 aromatic heterocycles. The van der Waals surface area contributed by atoms with Crippen LogP contribution >= 0.6 is 24.0 Å². The predicted octanol–water partition coefficient (Wildman–Crippen LogP) is 2.21. The molecule has 120 valence electrons. The summed E-state index contributed by atoms with van der Waals surface area (Å²) in [7, 11) is 2.05. The quantitative estimate of drug-likeness (QED) is 0.772. The third-order valence-corrected chi connectivity index (χ3v) is 4.08. The number of carbonyl (C=O) groups excluding carboxylic acids is 1. The second-order valence-electron chi connectivity index (χ2n) is 5.65. The van der Waals surface area contributed by atoms with E-state index in [4.69, 9.17) is 0 Å². The highest BCUT2D eigenvalue weighted by atomic mass is 127. The molecule has 1 saturated heterocycles. The summed E-state index contributed by atoms with van der Waals surface area (Å²) in [4.78, 5) is 20.3. The van der Waals surface area contributed by atoms with Crippen LogP contribution < -0.4 is 10.2 Å². The standard InChI is InChI=1S/C16H22N4O.HI/c1-19-11-9-17-16(19)18-12-13-5-7-14(8-6-13)20-10-3-2-4-15(20)21;/h5-8H,2-4,9-12H2,1H3,(H,17,18);1H. The van der Waals surface area contributed by atoms with Crippen molar-refractivity contribution in [2.45, 2.75) is 25.8 Å². The van der Waals surface area contributed by atoms with E-state index in [0.717, 1.165) is 50.7 Å². The molecule has 1 fully saturated rings. The molecule has 1 aromatic rings. The molecule has 0 bridgehead atoms. The average Bonchev–Trinajstić information content (AvgIpc) is 2.92. The molecule has 5 nitrogen and oxygen atoms in total. The third kappa shape index (κ3) is 3.91. The van der Waals surface area contributed by atoms with Crippen molar-refractivity contribution in [3.05, 3.63) is 29.8 Å². The molecule has 0 atom stereocenters. The Labute approximate surface area is 148 Å². The summed E-state index contributed by atoms with van der Waals surface area (Å²) in [6, 6.07) is 8.25. The van der Waals surface area contributed by atoms with E-state index in [9.17, 15) is 4.79 Å². The van der Waals surface area contributed by atoms with E-state index in [1.54, 1.807) is 0 Å². The Balaban J connectivity index is 0.00000176. The van der Waals surface area contributed by atoms with Crippen LogP contribution in [0.25, 0.3) is 0 Å². The first kappa shape index (κ1) is 17.1. The van der Waals surface area contributed by atoms with E-state index in [1.807, 2.05) is 24.1 Å². The normalized spacial score (nSPS) is 18.0. The zero-order valence-electron chi connectivity index (χ0n) is 12.9. The number of guanidine groups is 1. The van der Waals surface area contributed by atoms with Gasteiger partial charge >= 0.3 is 0 Å². The maximum Gasteiger partial charge on any atom is 0.226 e. The monoisotopic (exact) mass is 414 g/mol. The molecule has 1 aromatic carbocycles. The van der Waals surface area contributed by atoms with Crippen molar-refractivity contribution < 1.29 is 4.79 Å². The highest BCUT2D eigenvalue weighted by Gasteiger charge is 2.19. The van der Waals surface area contributed by atoms with Crippen molar-refractivity contribution in [1.82, 2.24) is 10.2 Å². The molecule has 0 aliphatic carbocycles. The number of amides is 1. The molecule has 1 amide bonds. The van der Waals surface area contributed by atoms with E-state index < -0.39 is 0 Å². The SMILES string of the molecule is CN1CCN=C1NCc1ccc(N2CCCCC2=O)cc1.I. The fraction of sp³-hybridized carbons (Fsp3) is 0.500. The van der Waals surface area contributed by atoms with Gasteiger partial charge in [-0.3, -0.25) is 9.79 Å². The van der Waals surface area contributed by atoms with Crippen LogP contribution in [0.3, 0.4) is 0 Å². The first-order chi connectivity index (χ1) is 10.2. The van der Waals surface area contributed by atoms with Gasteiger partial charge in [0, 0.05) is 38.8 Å². The second kappa shape index (κ2) is 7.80. The first-order valence-corrected chi connectivity index (χ1v) is 7.63. The Kier molecular flexibility index (Phi) is 6.05. The maximum atomic E-state index is 11.9. The Hall–Kier alpha value is -1.31. The number of halogens is 1. The number of aliphatic imine (C=N–C) groups is 1. The summed E-state index contributed by atoms with van der Waals surface area (Å²) in [5, 5.41) is 3.35. The van der Waals surface area contributed by atoms with Crippen LogP contribution in [0.15, 0.2) is 29.3 Å². The van der Waals surface area contributed by atoms with Gasteiger partial charge in [-0.25, -0.2) is 0 Å². The number of anilines is 1. The van der Waals surface area contributed by atoms with Crippen molar-refractivity contribution in [2.75, 3.05) is 31.6 Å². The van der Waals surface area contributed by atoms with Gasteiger partial charge in [-0.15, -0.1) is 24.0 Å². The summed E-state index contributed by atoms with van der Waals surface area (Å²) in [5.74, 6) is 1.21. The van der Waals surface area contributed by atoms with Gasteiger partial charge in [-0.2, -0.15) is 0 Å². The van der Waals surface area contributed by atoms with E-state index in [2.05, 4.69) is 27.3 Å². The van der Waals surface area contributed by atoms with Gasteiger partial charge in [0.2, 0.25) is 5.91 Å². The minimum atomic E-state index is 0. The average molecular weight is 414 g/mol. The summed E-state index contributed by atoms with van der Waals surface area (Å²) >= 11 is 0. The summed E-state index contributed by atoms with van der Waals surface area (Å²) in [6.07, 6.45) is 2.80. The second-order valence-corrected chi connectivity index (χ2v) is 5.65. The Morgan fingerprint density at radius 1 is 1.18 bits per heavy atom. The molecule has 2 aliphatic heterocycles. The zero-order chi connectivity index (χ0) is 14.7. The molecular formula is C16H23IN4O. The van der Waals surface area contributed by atoms with Crippen molar-refractivity contribution in [2.24, 2.45) is 4.99 Å². The van der Waals surface area contributed by atoms with Crippen LogP contribution in [-0.2, 0) is 11.3 Å². The van der Waals surface area contributed by atoms with Gasteiger partial charge in [-0.05, 0) is 30.5 Å². The molecule has 6 heteroatoms. The Bertz CT molecular complexity index is 544. The van der Waals surface area contributed by atoms with Crippen LogP contribution in [-0.4, -0.2) is 43.4 Å². The largest absolute Gasteiger partial charge is 0.352 e. The number of nitrogens with one attached hydrogen (secondary N) is 1. The van der Waals surface area contributed by atoms with Crippen molar-refractivity contribution in [1.29, 1.82) is 0 Å². The minimum absolute atomic E-state index is 0. The molecule has 0 saturated carbocycles. The number of carbonyl (C=O) groups is 1. The maximum absolute atomic E-state index is 11.9. The number of piperidine rings is 1. The minimum Gasteiger partial charge on any atom is -0.352 e. The lowest BCUT2D eigenvalue weighted by atomic mass is 10.1. The number of likely N-dealkylation sites (N-methyl/N-ethyl adjacent to an activating group) is 1. The van der Waals surface area contributed by atoms with Gasteiger partial charge in [0.15, 0.2) is 5.96 Å². The number of benzene rings is 1. The van der Waals surface area contributed by atoms with Gasteiger partial charge in [0.05, 0.1) is 6.54 Å².